The van der Waals surface area contributed by atoms with Crippen LogP contribution in [0.1, 0.15) is 12.8 Å². The maximum Gasteiger partial charge on any atom is 0.122 e. The van der Waals surface area contributed by atoms with E-state index in [1.165, 1.54) is 0 Å². The smallest absolute Gasteiger partial charge is 0.122 e. The minimum absolute atomic E-state index is 0.156. The van der Waals surface area contributed by atoms with Gasteiger partial charge in [-0.25, -0.2) is 0 Å². The van der Waals surface area contributed by atoms with E-state index in [2.05, 4.69) is 28.9 Å². The summed E-state index contributed by atoms with van der Waals surface area (Å²) in [6.07, 6.45) is 19.6. The van der Waals surface area contributed by atoms with Crippen LogP contribution in [0, 0.1) is 0 Å². The summed E-state index contributed by atoms with van der Waals surface area (Å²) in [7, 11) is 3.80. The molecule has 0 heterocycles. The van der Waals surface area contributed by atoms with Crippen LogP contribution in [0.4, 0.5) is 0 Å². The van der Waals surface area contributed by atoms with Crippen LogP contribution in [0.15, 0.2) is 60.6 Å². The number of nitrogens with one attached hydrogen (secondary N) is 2. The van der Waals surface area contributed by atoms with Gasteiger partial charge in [-0.3, -0.25) is 5.32 Å². The standard InChI is InChI=1S/C16H23N3O/c1-18-15(8-4-3-5-9-15)12-13-20-14-6-10-16(17,19-2)11-7-14/h3-8,10,12-13,18-19H,9,11,17H2,1-2H3/b13-12+/t15-,16+/m0/s1. The number of rotatable bonds is 5. The van der Waals surface area contributed by atoms with Gasteiger partial charge in [-0.1, -0.05) is 24.3 Å². The van der Waals surface area contributed by atoms with Crippen molar-refractivity contribution in [2.75, 3.05) is 14.1 Å². The Morgan fingerprint density at radius 2 is 2.05 bits per heavy atom. The molecule has 0 amide bonds. The van der Waals surface area contributed by atoms with Crippen LogP contribution in [-0.2, 0) is 4.74 Å². The molecule has 108 valence electrons. The quantitative estimate of drug-likeness (QED) is 0.527. The first-order chi connectivity index (χ1) is 9.61. The van der Waals surface area contributed by atoms with Crippen LogP contribution < -0.4 is 16.4 Å². The largest absolute Gasteiger partial charge is 0.466 e. The molecule has 2 aliphatic carbocycles. The highest BCUT2D eigenvalue weighted by atomic mass is 16.5. The molecule has 20 heavy (non-hydrogen) atoms. The Hall–Kier alpha value is -1.62. The summed E-state index contributed by atoms with van der Waals surface area (Å²) in [5.41, 5.74) is 5.45. The third-order valence-corrected chi connectivity index (χ3v) is 3.78. The van der Waals surface area contributed by atoms with E-state index in [4.69, 9.17) is 10.5 Å². The summed E-state index contributed by atoms with van der Waals surface area (Å²) in [6, 6.07) is 0. The first-order valence-corrected chi connectivity index (χ1v) is 6.86. The van der Waals surface area contributed by atoms with Crippen molar-refractivity contribution < 1.29 is 4.74 Å². The van der Waals surface area contributed by atoms with Crippen molar-refractivity contribution in [2.24, 2.45) is 5.73 Å². The van der Waals surface area contributed by atoms with Crippen molar-refractivity contribution in [3.8, 4) is 0 Å². The molecule has 0 spiro atoms. The van der Waals surface area contributed by atoms with Crippen molar-refractivity contribution in [3.63, 3.8) is 0 Å². The zero-order valence-electron chi connectivity index (χ0n) is 12.1. The van der Waals surface area contributed by atoms with Gasteiger partial charge in [0.2, 0.25) is 0 Å². The van der Waals surface area contributed by atoms with Crippen LogP contribution in [-0.4, -0.2) is 25.3 Å². The Morgan fingerprint density at radius 1 is 1.20 bits per heavy atom. The summed E-state index contributed by atoms with van der Waals surface area (Å²) >= 11 is 0. The molecule has 2 aliphatic rings. The van der Waals surface area contributed by atoms with Gasteiger partial charge in [-0.15, -0.1) is 0 Å². The number of allylic oxidation sites excluding steroid dienone is 3. The first kappa shape index (κ1) is 14.8. The molecule has 0 saturated carbocycles. The lowest BCUT2D eigenvalue weighted by molar-refractivity contribution is 0.345. The van der Waals surface area contributed by atoms with E-state index in [-0.39, 0.29) is 5.54 Å². The molecule has 0 aromatic carbocycles. The molecule has 0 bridgehead atoms. The van der Waals surface area contributed by atoms with E-state index >= 15 is 0 Å². The Morgan fingerprint density at radius 3 is 2.60 bits per heavy atom. The molecule has 2 atom stereocenters. The fourth-order valence-electron chi connectivity index (χ4n) is 2.17. The lowest BCUT2D eigenvalue weighted by atomic mass is 9.91. The molecule has 4 N–H and O–H groups in total. The topological polar surface area (TPSA) is 59.3 Å². The van der Waals surface area contributed by atoms with Gasteiger partial charge in [0, 0.05) is 6.42 Å². The van der Waals surface area contributed by atoms with Crippen molar-refractivity contribution >= 4 is 0 Å². The first-order valence-electron chi connectivity index (χ1n) is 6.86. The van der Waals surface area contributed by atoms with Crippen molar-refractivity contribution in [1.82, 2.24) is 10.6 Å². The Balaban J connectivity index is 1.93. The van der Waals surface area contributed by atoms with Gasteiger partial charge < -0.3 is 15.8 Å². The van der Waals surface area contributed by atoms with E-state index in [0.717, 1.165) is 12.2 Å². The number of ether oxygens (including phenoxy) is 1. The van der Waals surface area contributed by atoms with Gasteiger partial charge in [0.05, 0.1) is 17.5 Å². The van der Waals surface area contributed by atoms with Crippen molar-refractivity contribution in [1.29, 1.82) is 0 Å². The van der Waals surface area contributed by atoms with Crippen LogP contribution in [0.3, 0.4) is 0 Å². The van der Waals surface area contributed by atoms with Crippen LogP contribution in [0.2, 0.25) is 0 Å². The maximum atomic E-state index is 6.07. The normalized spacial score (nSPS) is 32.6. The molecule has 4 nitrogen and oxygen atoms in total. The van der Waals surface area contributed by atoms with Crippen molar-refractivity contribution in [2.45, 2.75) is 24.0 Å². The molecule has 4 heteroatoms. The van der Waals surface area contributed by atoms with Gasteiger partial charge in [0.15, 0.2) is 0 Å². The van der Waals surface area contributed by atoms with Gasteiger partial charge in [-0.2, -0.15) is 0 Å². The number of hydrogen-bond acceptors (Lipinski definition) is 4. The number of nitrogens with two attached hydrogens (primary N) is 1. The van der Waals surface area contributed by atoms with Gasteiger partial charge in [0.1, 0.15) is 5.76 Å². The molecule has 0 aliphatic heterocycles. The lowest BCUT2D eigenvalue weighted by Crippen LogP contribution is -2.50. The zero-order valence-corrected chi connectivity index (χ0v) is 12.1. The summed E-state index contributed by atoms with van der Waals surface area (Å²) < 4.78 is 5.66. The molecule has 2 rings (SSSR count). The molecule has 0 saturated heterocycles. The average Bonchev–Trinajstić information content (AvgIpc) is 2.50. The lowest BCUT2D eigenvalue weighted by Gasteiger charge is -2.28. The molecular weight excluding hydrogens is 250 g/mol. The molecule has 0 aromatic rings. The zero-order chi connectivity index (χ0) is 14.5. The summed E-state index contributed by atoms with van der Waals surface area (Å²) in [6.45, 7) is 0. The fraction of sp³-hybridized carbons (Fsp3) is 0.375. The second-order valence-corrected chi connectivity index (χ2v) is 5.14. The summed E-state index contributed by atoms with van der Waals surface area (Å²) in [4.78, 5) is 0. The van der Waals surface area contributed by atoms with E-state index in [9.17, 15) is 0 Å². The predicted molar refractivity (Wildman–Crippen MR) is 82.7 cm³/mol. The predicted octanol–water partition coefficient (Wildman–Crippen LogP) is 1.71. The van der Waals surface area contributed by atoms with E-state index in [0.29, 0.717) is 6.42 Å². The van der Waals surface area contributed by atoms with Crippen LogP contribution in [0.5, 0.6) is 0 Å². The van der Waals surface area contributed by atoms with Gasteiger partial charge >= 0.3 is 0 Å². The Labute approximate surface area is 120 Å². The molecule has 0 aromatic heterocycles. The van der Waals surface area contributed by atoms with Crippen LogP contribution >= 0.6 is 0 Å². The molecule has 0 fully saturated rings. The number of likely N-dealkylation sites (N-methyl/N-ethyl adjacent to an activating group) is 2. The highest BCUT2D eigenvalue weighted by Gasteiger charge is 2.22. The number of hydrogen-bond donors (Lipinski definition) is 3. The van der Waals surface area contributed by atoms with E-state index in [1.54, 1.807) is 6.26 Å². The van der Waals surface area contributed by atoms with E-state index in [1.807, 2.05) is 44.5 Å². The van der Waals surface area contributed by atoms with Crippen molar-refractivity contribution in [3.05, 3.63) is 60.6 Å². The Bertz CT molecular complexity index is 490. The van der Waals surface area contributed by atoms with E-state index < -0.39 is 5.66 Å². The minimum Gasteiger partial charge on any atom is -0.466 e. The molecular formula is C16H23N3O. The third kappa shape index (κ3) is 3.48. The van der Waals surface area contributed by atoms with Gasteiger partial charge in [0.25, 0.3) is 0 Å². The third-order valence-electron chi connectivity index (χ3n) is 3.78. The second-order valence-electron chi connectivity index (χ2n) is 5.14. The summed E-state index contributed by atoms with van der Waals surface area (Å²) in [5, 5.41) is 6.37. The van der Waals surface area contributed by atoms with Gasteiger partial charge in [-0.05, 0) is 44.8 Å². The SMILES string of the molecule is CN[C@]1(N)C=CC(O/C=C/[C@]2(NC)C=CC=CC2)=CC1. The summed E-state index contributed by atoms with van der Waals surface area (Å²) in [5.74, 6) is 0.819. The second kappa shape index (κ2) is 6.22. The molecule has 0 radical (unpaired) electrons. The highest BCUT2D eigenvalue weighted by Crippen LogP contribution is 2.20. The monoisotopic (exact) mass is 273 g/mol. The Kier molecular flexibility index (Phi) is 4.60. The maximum absolute atomic E-state index is 6.07. The van der Waals surface area contributed by atoms with Crippen LogP contribution in [0.25, 0.3) is 0 Å². The highest BCUT2D eigenvalue weighted by molar-refractivity contribution is 5.28. The average molecular weight is 273 g/mol. The molecule has 0 unspecified atom stereocenters. The minimum atomic E-state index is -0.459. The fourth-order valence-corrected chi connectivity index (χ4v) is 2.17.